The van der Waals surface area contributed by atoms with Crippen LogP contribution < -0.4 is 16.1 Å². The molecule has 0 aliphatic carbocycles. The van der Waals surface area contributed by atoms with E-state index in [1.165, 1.54) is 13.1 Å². The second-order valence-electron chi connectivity index (χ2n) is 4.92. The largest absolute Gasteiger partial charge is 0.510 e. The summed E-state index contributed by atoms with van der Waals surface area (Å²) in [6.07, 6.45) is 0.0354. The molecule has 1 aromatic heterocycles. The number of aryl methyl sites for hydroxylation is 1. The standard InChI is InChI=1S/C11H18BN3O4/c1-7-5-15(6-8(2)19-7)9-4-10(12(17)18)13-14(3)11(9)16/h4,7-8,17-18H,5-6H2,1-3H3. The fraction of sp³-hybridized carbons (Fsp3) is 0.636. The van der Waals surface area contributed by atoms with Crippen LogP contribution in [0.25, 0.3) is 0 Å². The Labute approximate surface area is 111 Å². The van der Waals surface area contributed by atoms with E-state index in [9.17, 15) is 14.8 Å². The third-order valence-electron chi connectivity index (χ3n) is 3.09. The molecule has 1 aliphatic heterocycles. The van der Waals surface area contributed by atoms with E-state index in [-0.39, 0.29) is 23.4 Å². The predicted octanol–water partition coefficient (Wildman–Crippen LogP) is -1.93. The molecule has 1 saturated heterocycles. The molecule has 1 aliphatic rings. The van der Waals surface area contributed by atoms with Gasteiger partial charge in [-0.3, -0.25) is 4.79 Å². The van der Waals surface area contributed by atoms with Crippen LogP contribution in [0.4, 0.5) is 5.69 Å². The average Bonchev–Trinajstić information content (AvgIpc) is 2.30. The molecule has 0 bridgehead atoms. The zero-order chi connectivity index (χ0) is 14.2. The molecule has 1 fully saturated rings. The fourth-order valence-electron chi connectivity index (χ4n) is 2.34. The van der Waals surface area contributed by atoms with Gasteiger partial charge in [-0.25, -0.2) is 4.68 Å². The number of hydrogen-bond donors (Lipinski definition) is 2. The second kappa shape index (κ2) is 5.32. The minimum atomic E-state index is -1.69. The molecule has 104 valence electrons. The summed E-state index contributed by atoms with van der Waals surface area (Å²) < 4.78 is 6.74. The Bertz CT molecular complexity index is 509. The Morgan fingerprint density at radius 3 is 2.47 bits per heavy atom. The van der Waals surface area contributed by atoms with Crippen LogP contribution in [-0.2, 0) is 11.8 Å². The Balaban J connectivity index is 2.40. The van der Waals surface area contributed by atoms with Crippen molar-refractivity contribution in [3.05, 3.63) is 16.4 Å². The summed E-state index contributed by atoms with van der Waals surface area (Å²) in [4.78, 5) is 14.0. The maximum atomic E-state index is 12.1. The third-order valence-corrected chi connectivity index (χ3v) is 3.09. The van der Waals surface area contributed by atoms with Gasteiger partial charge in [-0.2, -0.15) is 5.10 Å². The lowest BCUT2D eigenvalue weighted by atomic mass is 9.86. The highest BCUT2D eigenvalue weighted by molar-refractivity contribution is 6.57. The van der Waals surface area contributed by atoms with Crippen molar-refractivity contribution in [2.45, 2.75) is 26.1 Å². The molecule has 0 spiro atoms. The Morgan fingerprint density at radius 2 is 1.95 bits per heavy atom. The molecule has 2 heterocycles. The molecular weight excluding hydrogens is 249 g/mol. The highest BCUT2D eigenvalue weighted by Gasteiger charge is 2.26. The van der Waals surface area contributed by atoms with Crippen LogP contribution in [0, 0.1) is 0 Å². The Kier molecular flexibility index (Phi) is 3.93. The minimum absolute atomic E-state index is 0.0177. The summed E-state index contributed by atoms with van der Waals surface area (Å²) in [5, 5.41) is 22.2. The van der Waals surface area contributed by atoms with Crippen LogP contribution in [0.1, 0.15) is 13.8 Å². The number of anilines is 1. The van der Waals surface area contributed by atoms with E-state index in [0.717, 1.165) is 4.68 Å². The normalized spacial score (nSPS) is 23.5. The molecule has 2 N–H and O–H groups in total. The lowest BCUT2D eigenvalue weighted by Gasteiger charge is -2.36. The van der Waals surface area contributed by atoms with E-state index in [2.05, 4.69) is 5.10 Å². The van der Waals surface area contributed by atoms with Crippen LogP contribution in [0.2, 0.25) is 0 Å². The van der Waals surface area contributed by atoms with Gasteiger partial charge in [0.2, 0.25) is 0 Å². The van der Waals surface area contributed by atoms with Crippen molar-refractivity contribution < 1.29 is 14.8 Å². The summed E-state index contributed by atoms with van der Waals surface area (Å²) in [6, 6.07) is 1.43. The van der Waals surface area contributed by atoms with Crippen LogP contribution in [-0.4, -0.2) is 52.2 Å². The maximum absolute atomic E-state index is 12.1. The molecule has 7 nitrogen and oxygen atoms in total. The lowest BCUT2D eigenvalue weighted by Crippen LogP contribution is -2.49. The van der Waals surface area contributed by atoms with Gasteiger partial charge >= 0.3 is 7.12 Å². The first kappa shape index (κ1) is 14.0. The molecule has 19 heavy (non-hydrogen) atoms. The molecule has 2 atom stereocenters. The Morgan fingerprint density at radius 1 is 1.37 bits per heavy atom. The molecular formula is C11H18BN3O4. The number of hydrogen-bond acceptors (Lipinski definition) is 6. The maximum Gasteiger partial charge on any atom is 0.510 e. The van der Waals surface area contributed by atoms with Crippen LogP contribution >= 0.6 is 0 Å². The van der Waals surface area contributed by atoms with Crippen molar-refractivity contribution in [3.63, 3.8) is 0 Å². The first-order valence-corrected chi connectivity index (χ1v) is 6.23. The van der Waals surface area contributed by atoms with Crippen molar-refractivity contribution in [2.24, 2.45) is 7.05 Å². The average molecular weight is 267 g/mol. The lowest BCUT2D eigenvalue weighted by molar-refractivity contribution is -0.00532. The highest BCUT2D eigenvalue weighted by Crippen LogP contribution is 2.15. The van der Waals surface area contributed by atoms with Crippen molar-refractivity contribution >= 4 is 18.4 Å². The minimum Gasteiger partial charge on any atom is -0.422 e. The number of aromatic nitrogens is 2. The second-order valence-corrected chi connectivity index (χ2v) is 4.92. The summed E-state index contributed by atoms with van der Waals surface area (Å²) in [7, 11) is -0.202. The molecule has 2 unspecified atom stereocenters. The third kappa shape index (κ3) is 2.97. The van der Waals surface area contributed by atoms with E-state index >= 15 is 0 Å². The Hall–Kier alpha value is -1.38. The molecule has 0 saturated carbocycles. The van der Waals surface area contributed by atoms with Gasteiger partial charge in [-0.15, -0.1) is 0 Å². The van der Waals surface area contributed by atoms with Crippen molar-refractivity contribution in [2.75, 3.05) is 18.0 Å². The predicted molar refractivity (Wildman–Crippen MR) is 71.5 cm³/mol. The molecule has 0 aromatic carbocycles. The fourth-order valence-corrected chi connectivity index (χ4v) is 2.34. The molecule has 0 radical (unpaired) electrons. The van der Waals surface area contributed by atoms with Gasteiger partial charge in [0, 0.05) is 20.1 Å². The van der Waals surface area contributed by atoms with Crippen molar-refractivity contribution in [3.8, 4) is 0 Å². The SMILES string of the molecule is CC1CN(c2cc(B(O)O)nn(C)c2=O)CC(C)O1. The van der Waals surface area contributed by atoms with Crippen LogP contribution in [0.3, 0.4) is 0 Å². The van der Waals surface area contributed by atoms with E-state index in [4.69, 9.17) is 4.74 Å². The molecule has 1 aromatic rings. The molecule has 2 rings (SSSR count). The van der Waals surface area contributed by atoms with E-state index < -0.39 is 7.12 Å². The first-order valence-electron chi connectivity index (χ1n) is 6.23. The van der Waals surface area contributed by atoms with Crippen molar-refractivity contribution in [1.82, 2.24) is 9.78 Å². The van der Waals surface area contributed by atoms with E-state index in [1.54, 1.807) is 0 Å². The summed E-state index contributed by atoms with van der Waals surface area (Å²) in [6.45, 7) is 5.06. The summed E-state index contributed by atoms with van der Waals surface area (Å²) in [5.74, 6) is 0. The van der Waals surface area contributed by atoms with Gasteiger partial charge in [-0.05, 0) is 19.9 Å². The first-order chi connectivity index (χ1) is 8.88. The zero-order valence-electron chi connectivity index (χ0n) is 11.3. The highest BCUT2D eigenvalue weighted by atomic mass is 16.5. The zero-order valence-corrected chi connectivity index (χ0v) is 11.3. The van der Waals surface area contributed by atoms with Crippen LogP contribution in [0.5, 0.6) is 0 Å². The summed E-state index contributed by atoms with van der Waals surface area (Å²) >= 11 is 0. The number of rotatable bonds is 2. The van der Waals surface area contributed by atoms with Gasteiger partial charge in [0.05, 0.1) is 17.8 Å². The van der Waals surface area contributed by atoms with Gasteiger partial charge in [0.1, 0.15) is 5.69 Å². The van der Waals surface area contributed by atoms with Crippen LogP contribution in [0.15, 0.2) is 10.9 Å². The van der Waals surface area contributed by atoms with Gasteiger partial charge < -0.3 is 19.7 Å². The number of ether oxygens (including phenoxy) is 1. The van der Waals surface area contributed by atoms with Gasteiger partial charge in [0.15, 0.2) is 0 Å². The van der Waals surface area contributed by atoms with Gasteiger partial charge in [-0.1, -0.05) is 0 Å². The van der Waals surface area contributed by atoms with Gasteiger partial charge in [0.25, 0.3) is 5.56 Å². The topological polar surface area (TPSA) is 87.8 Å². The number of nitrogens with zero attached hydrogens (tertiary/aromatic N) is 3. The smallest absolute Gasteiger partial charge is 0.422 e. The van der Waals surface area contributed by atoms with E-state index in [0.29, 0.717) is 18.8 Å². The summed E-state index contributed by atoms with van der Waals surface area (Å²) in [5.41, 5.74) is 0.220. The quantitative estimate of drug-likeness (QED) is 0.607. The molecule has 0 amide bonds. The van der Waals surface area contributed by atoms with Crippen molar-refractivity contribution in [1.29, 1.82) is 0 Å². The van der Waals surface area contributed by atoms with E-state index in [1.807, 2.05) is 18.7 Å². The number of morpholine rings is 1. The molecule has 8 heteroatoms. The monoisotopic (exact) mass is 267 g/mol.